The minimum atomic E-state index is -1.74. The molecule has 0 aromatic rings. The summed E-state index contributed by atoms with van der Waals surface area (Å²) in [5.74, 6) is -3.29. The molecule has 0 aromatic heterocycles. The zero-order chi connectivity index (χ0) is 18.6. The highest BCUT2D eigenvalue weighted by molar-refractivity contribution is 5.69. The predicted octanol–water partition coefficient (Wildman–Crippen LogP) is -1.55. The summed E-state index contributed by atoms with van der Waals surface area (Å²) in [6.07, 6.45) is -9.46. The van der Waals surface area contributed by atoms with Crippen LogP contribution in [0.15, 0.2) is 0 Å². The summed E-state index contributed by atoms with van der Waals surface area (Å²) in [6, 6.07) is 0. The van der Waals surface area contributed by atoms with Gasteiger partial charge in [0.1, 0.15) is 12.2 Å². The molecule has 0 aliphatic heterocycles. The van der Waals surface area contributed by atoms with Gasteiger partial charge in [-0.2, -0.15) is 0 Å². The van der Waals surface area contributed by atoms with E-state index in [9.17, 15) is 29.4 Å². The van der Waals surface area contributed by atoms with Crippen molar-refractivity contribution in [2.75, 3.05) is 0 Å². The molecular formula is C14H20O10. The summed E-state index contributed by atoms with van der Waals surface area (Å²) < 4.78 is 19.8. The first-order valence-corrected chi connectivity index (χ1v) is 7.09. The van der Waals surface area contributed by atoms with E-state index in [2.05, 4.69) is 0 Å². The van der Waals surface area contributed by atoms with E-state index in [1.807, 2.05) is 0 Å². The van der Waals surface area contributed by atoms with Crippen LogP contribution in [0.2, 0.25) is 0 Å². The first kappa shape index (κ1) is 19.8. The van der Waals surface area contributed by atoms with E-state index in [0.29, 0.717) is 0 Å². The molecule has 0 radical (unpaired) electrons. The lowest BCUT2D eigenvalue weighted by molar-refractivity contribution is -0.251. The van der Waals surface area contributed by atoms with Crippen LogP contribution in [0.25, 0.3) is 0 Å². The van der Waals surface area contributed by atoms with Crippen molar-refractivity contribution in [2.24, 2.45) is 0 Å². The van der Waals surface area contributed by atoms with Crippen LogP contribution in [0.5, 0.6) is 0 Å². The molecule has 136 valence electrons. The topological polar surface area (TPSA) is 146 Å². The van der Waals surface area contributed by atoms with E-state index in [0.717, 1.165) is 27.7 Å². The van der Waals surface area contributed by atoms with Crippen LogP contribution < -0.4 is 0 Å². The van der Waals surface area contributed by atoms with E-state index in [4.69, 9.17) is 18.9 Å². The van der Waals surface area contributed by atoms with Crippen molar-refractivity contribution in [2.45, 2.75) is 64.3 Å². The third kappa shape index (κ3) is 4.90. The first-order chi connectivity index (χ1) is 11.0. The van der Waals surface area contributed by atoms with Gasteiger partial charge in [-0.15, -0.1) is 0 Å². The fourth-order valence-electron chi connectivity index (χ4n) is 2.46. The number of rotatable bonds is 4. The number of aliphatic hydroxyl groups excluding tert-OH is 2. The monoisotopic (exact) mass is 348 g/mol. The molecule has 1 saturated carbocycles. The van der Waals surface area contributed by atoms with Gasteiger partial charge in [-0.1, -0.05) is 0 Å². The van der Waals surface area contributed by atoms with Crippen LogP contribution in [-0.2, 0) is 38.1 Å². The van der Waals surface area contributed by atoms with Gasteiger partial charge in [-0.3, -0.25) is 19.2 Å². The fraction of sp³-hybridized carbons (Fsp3) is 0.714. The molecular weight excluding hydrogens is 328 g/mol. The van der Waals surface area contributed by atoms with Gasteiger partial charge in [-0.25, -0.2) is 0 Å². The number of ether oxygens (including phenoxy) is 4. The average Bonchev–Trinajstić information content (AvgIpc) is 2.42. The molecule has 0 heterocycles. The number of esters is 4. The van der Waals surface area contributed by atoms with E-state index in [1.54, 1.807) is 0 Å². The Hall–Kier alpha value is -2.20. The molecule has 24 heavy (non-hydrogen) atoms. The molecule has 3 unspecified atom stereocenters. The summed E-state index contributed by atoms with van der Waals surface area (Å²) in [5.41, 5.74) is 0. The second-order valence-corrected chi connectivity index (χ2v) is 5.28. The SMILES string of the molecule is CC(=O)OC1C(OC(C)=O)[C@H](O)[C@H](O)C(OC(C)=O)[C@@H]1OC(C)=O. The van der Waals surface area contributed by atoms with Crippen molar-refractivity contribution < 1.29 is 48.3 Å². The van der Waals surface area contributed by atoms with Crippen LogP contribution in [0, 0.1) is 0 Å². The van der Waals surface area contributed by atoms with Crippen molar-refractivity contribution >= 4 is 23.9 Å². The van der Waals surface area contributed by atoms with E-state index < -0.39 is 60.5 Å². The minimum Gasteiger partial charge on any atom is -0.456 e. The zero-order valence-corrected chi connectivity index (χ0v) is 13.6. The molecule has 1 aliphatic carbocycles. The van der Waals surface area contributed by atoms with Crippen molar-refractivity contribution in [3.05, 3.63) is 0 Å². The van der Waals surface area contributed by atoms with Gasteiger partial charge in [0.25, 0.3) is 0 Å². The molecule has 1 aliphatic rings. The second kappa shape index (κ2) is 8.06. The Labute approximate surface area is 137 Å². The Morgan fingerprint density at radius 1 is 0.542 bits per heavy atom. The Balaban J connectivity index is 3.28. The summed E-state index contributed by atoms with van der Waals surface area (Å²) in [5, 5.41) is 20.3. The van der Waals surface area contributed by atoms with Crippen LogP contribution in [-0.4, -0.2) is 70.7 Å². The van der Waals surface area contributed by atoms with Gasteiger partial charge in [-0.05, 0) is 0 Å². The number of carbonyl (C=O) groups excluding carboxylic acids is 4. The molecule has 1 fully saturated rings. The van der Waals surface area contributed by atoms with Gasteiger partial charge >= 0.3 is 23.9 Å². The second-order valence-electron chi connectivity index (χ2n) is 5.28. The maximum absolute atomic E-state index is 11.3. The lowest BCUT2D eigenvalue weighted by Crippen LogP contribution is -2.67. The quantitative estimate of drug-likeness (QED) is 0.452. The van der Waals surface area contributed by atoms with Gasteiger partial charge in [0.2, 0.25) is 0 Å². The summed E-state index contributed by atoms with van der Waals surface area (Å²) in [7, 11) is 0. The molecule has 0 saturated heterocycles. The highest BCUT2D eigenvalue weighted by atomic mass is 16.6. The summed E-state index contributed by atoms with van der Waals surface area (Å²) >= 11 is 0. The normalized spacial score (nSPS) is 32.4. The van der Waals surface area contributed by atoms with Crippen molar-refractivity contribution in [1.29, 1.82) is 0 Å². The molecule has 10 nitrogen and oxygen atoms in total. The molecule has 2 N–H and O–H groups in total. The number of aliphatic hydroxyl groups is 2. The Morgan fingerprint density at radius 3 is 0.958 bits per heavy atom. The molecule has 0 amide bonds. The van der Waals surface area contributed by atoms with E-state index in [1.165, 1.54) is 0 Å². The van der Waals surface area contributed by atoms with E-state index >= 15 is 0 Å². The van der Waals surface area contributed by atoms with Crippen LogP contribution in [0.3, 0.4) is 0 Å². The zero-order valence-electron chi connectivity index (χ0n) is 13.6. The molecule has 6 atom stereocenters. The number of carbonyl (C=O) groups is 4. The van der Waals surface area contributed by atoms with Gasteiger partial charge in [0.05, 0.1) is 0 Å². The smallest absolute Gasteiger partial charge is 0.303 e. The summed E-state index contributed by atoms with van der Waals surface area (Å²) in [6.45, 7) is 4.19. The minimum absolute atomic E-state index is 0.820. The maximum Gasteiger partial charge on any atom is 0.303 e. The van der Waals surface area contributed by atoms with Crippen molar-refractivity contribution in [3.8, 4) is 0 Å². The molecule has 1 rings (SSSR count). The van der Waals surface area contributed by atoms with Crippen molar-refractivity contribution in [3.63, 3.8) is 0 Å². The molecule has 10 heteroatoms. The van der Waals surface area contributed by atoms with Crippen molar-refractivity contribution in [1.82, 2.24) is 0 Å². The number of hydrogen-bond donors (Lipinski definition) is 2. The predicted molar refractivity (Wildman–Crippen MR) is 74.2 cm³/mol. The highest BCUT2D eigenvalue weighted by Crippen LogP contribution is 2.30. The third-order valence-electron chi connectivity index (χ3n) is 3.20. The standard InChI is InChI=1S/C14H20O10/c1-5(15)21-11-9(19)10(20)12(22-6(2)16)14(24-8(4)18)13(11)23-7(3)17/h9-14,19-20H,1-4H3/t9-,10+,11?,12?,13-,14?/m0/s1. The van der Waals surface area contributed by atoms with Gasteiger partial charge in [0.15, 0.2) is 24.4 Å². The lowest BCUT2D eigenvalue weighted by Gasteiger charge is -2.44. The molecule has 0 aromatic carbocycles. The number of hydrogen-bond acceptors (Lipinski definition) is 10. The fourth-order valence-corrected chi connectivity index (χ4v) is 2.46. The molecule has 0 bridgehead atoms. The van der Waals surface area contributed by atoms with Gasteiger partial charge in [0, 0.05) is 27.7 Å². The first-order valence-electron chi connectivity index (χ1n) is 7.09. The largest absolute Gasteiger partial charge is 0.456 e. The highest BCUT2D eigenvalue weighted by Gasteiger charge is 2.56. The Kier molecular flexibility index (Phi) is 6.67. The third-order valence-corrected chi connectivity index (χ3v) is 3.20. The van der Waals surface area contributed by atoms with E-state index in [-0.39, 0.29) is 0 Å². The van der Waals surface area contributed by atoms with Crippen LogP contribution in [0.4, 0.5) is 0 Å². The Bertz CT molecular complexity index is 470. The maximum atomic E-state index is 11.3. The molecule has 0 spiro atoms. The van der Waals surface area contributed by atoms with Crippen LogP contribution >= 0.6 is 0 Å². The van der Waals surface area contributed by atoms with Crippen LogP contribution in [0.1, 0.15) is 27.7 Å². The lowest BCUT2D eigenvalue weighted by atomic mass is 9.84. The van der Waals surface area contributed by atoms with Gasteiger partial charge < -0.3 is 29.2 Å². The Morgan fingerprint density at radius 2 is 0.750 bits per heavy atom. The summed E-state index contributed by atoms with van der Waals surface area (Å²) in [4.78, 5) is 45.1. The average molecular weight is 348 g/mol.